The Bertz CT molecular complexity index is 327. The molecule has 0 atom stereocenters. The summed E-state index contributed by atoms with van der Waals surface area (Å²) in [6.07, 6.45) is 13.5. The molecule has 0 spiro atoms. The highest BCUT2D eigenvalue weighted by Gasteiger charge is 2.65. The molecule has 5 fully saturated rings. The van der Waals surface area contributed by atoms with Crippen LogP contribution in [0.15, 0.2) is 0 Å². The molecule has 5 saturated carbocycles. The van der Waals surface area contributed by atoms with Crippen molar-refractivity contribution in [2.75, 3.05) is 0 Å². The first-order chi connectivity index (χ1) is 7.99. The Labute approximate surface area is 105 Å². The maximum Gasteiger partial charge on any atom is 0.0240 e. The molecule has 0 aliphatic heterocycles. The number of hydrogen-bond acceptors (Lipinski definition) is 2. The first kappa shape index (κ1) is 10.8. The summed E-state index contributed by atoms with van der Waals surface area (Å²) in [6.45, 7) is 2.50. The largest absolute Gasteiger partial charge is 0.325 e. The van der Waals surface area contributed by atoms with Crippen LogP contribution in [0, 0.1) is 5.41 Å². The van der Waals surface area contributed by atoms with Crippen molar-refractivity contribution in [2.45, 2.75) is 87.7 Å². The molecule has 0 saturated heterocycles. The van der Waals surface area contributed by atoms with E-state index < -0.39 is 0 Å². The van der Waals surface area contributed by atoms with Crippen LogP contribution >= 0.6 is 0 Å². The molecule has 5 rings (SSSR count). The van der Waals surface area contributed by atoms with E-state index in [1.807, 2.05) is 0 Å². The first-order valence-corrected chi connectivity index (χ1v) is 7.57. The summed E-state index contributed by atoms with van der Waals surface area (Å²) in [7, 11) is 0. The van der Waals surface area contributed by atoms with Gasteiger partial charge in [0.1, 0.15) is 0 Å². The molecule has 2 heteroatoms. The van der Waals surface area contributed by atoms with E-state index in [0.29, 0.717) is 16.5 Å². The number of fused-ring (bicyclic) bond motifs is 4. The second kappa shape index (κ2) is 2.91. The molecule has 0 aromatic carbocycles. The Morgan fingerprint density at radius 1 is 0.765 bits per heavy atom. The number of hydrogen-bond donors (Lipinski definition) is 2. The molecule has 0 aromatic rings. The van der Waals surface area contributed by atoms with E-state index in [1.165, 1.54) is 64.2 Å². The topological polar surface area (TPSA) is 38.0 Å². The van der Waals surface area contributed by atoms with E-state index in [0.717, 1.165) is 0 Å². The van der Waals surface area contributed by atoms with Crippen molar-refractivity contribution >= 4 is 0 Å². The molecule has 0 heterocycles. The fourth-order valence-electron chi connectivity index (χ4n) is 5.14. The molecule has 5 aliphatic rings. The van der Waals surface area contributed by atoms with E-state index in [2.05, 4.69) is 12.2 Å². The Kier molecular flexibility index (Phi) is 1.85. The van der Waals surface area contributed by atoms with Crippen molar-refractivity contribution in [2.24, 2.45) is 11.1 Å². The summed E-state index contributed by atoms with van der Waals surface area (Å²) >= 11 is 0. The second-order valence-corrected chi connectivity index (χ2v) is 7.91. The van der Waals surface area contributed by atoms with Crippen LogP contribution in [-0.2, 0) is 0 Å². The van der Waals surface area contributed by atoms with Gasteiger partial charge in [-0.3, -0.25) is 0 Å². The molecule has 2 bridgehead atoms. The molecular formula is C15H26N2. The lowest BCUT2D eigenvalue weighted by Crippen LogP contribution is -2.77. The lowest BCUT2D eigenvalue weighted by Gasteiger charge is -2.71. The number of nitrogens with two attached hydrogens (primary N) is 1. The zero-order valence-corrected chi connectivity index (χ0v) is 11.1. The monoisotopic (exact) mass is 234 g/mol. The van der Waals surface area contributed by atoms with Crippen molar-refractivity contribution in [3.8, 4) is 0 Å². The third-order valence-corrected chi connectivity index (χ3v) is 7.17. The normalized spacial score (nSPS) is 60.4. The van der Waals surface area contributed by atoms with Gasteiger partial charge in [-0.2, -0.15) is 0 Å². The number of rotatable bonds is 2. The van der Waals surface area contributed by atoms with Gasteiger partial charge >= 0.3 is 0 Å². The quantitative estimate of drug-likeness (QED) is 0.771. The van der Waals surface area contributed by atoms with Crippen LogP contribution < -0.4 is 11.1 Å². The van der Waals surface area contributed by atoms with Gasteiger partial charge in [0, 0.05) is 16.6 Å². The predicted octanol–water partition coefficient (Wildman–Crippen LogP) is 2.71. The fourth-order valence-corrected chi connectivity index (χ4v) is 5.14. The Morgan fingerprint density at radius 2 is 1.29 bits per heavy atom. The Hall–Kier alpha value is -0.0800. The van der Waals surface area contributed by atoms with Gasteiger partial charge in [0.2, 0.25) is 0 Å². The molecule has 5 aliphatic carbocycles. The van der Waals surface area contributed by atoms with Crippen LogP contribution in [0.3, 0.4) is 0 Å². The smallest absolute Gasteiger partial charge is 0.0240 e. The third-order valence-electron chi connectivity index (χ3n) is 7.17. The summed E-state index contributed by atoms with van der Waals surface area (Å²) in [5.41, 5.74) is 8.28. The summed E-state index contributed by atoms with van der Waals surface area (Å²) in [5.74, 6) is 0. The van der Waals surface area contributed by atoms with E-state index in [4.69, 9.17) is 5.73 Å². The summed E-state index contributed by atoms with van der Waals surface area (Å²) < 4.78 is 0. The summed E-state index contributed by atoms with van der Waals surface area (Å²) in [4.78, 5) is 0. The van der Waals surface area contributed by atoms with Gasteiger partial charge in [-0.05, 0) is 69.6 Å². The van der Waals surface area contributed by atoms with Gasteiger partial charge < -0.3 is 11.1 Å². The highest BCUT2D eigenvalue weighted by Crippen LogP contribution is 2.65. The zero-order chi connectivity index (χ0) is 11.8. The lowest BCUT2D eigenvalue weighted by atomic mass is 9.42. The molecule has 0 unspecified atom stereocenters. The van der Waals surface area contributed by atoms with Gasteiger partial charge in [0.15, 0.2) is 0 Å². The van der Waals surface area contributed by atoms with Gasteiger partial charge in [0.05, 0.1) is 0 Å². The zero-order valence-electron chi connectivity index (χ0n) is 11.1. The van der Waals surface area contributed by atoms with E-state index in [-0.39, 0.29) is 5.54 Å². The van der Waals surface area contributed by atoms with E-state index >= 15 is 0 Å². The third kappa shape index (κ3) is 1.24. The minimum atomic E-state index is 0.212. The minimum Gasteiger partial charge on any atom is -0.325 e. The summed E-state index contributed by atoms with van der Waals surface area (Å²) in [5, 5.41) is 4.17. The van der Waals surface area contributed by atoms with Crippen LogP contribution in [0.25, 0.3) is 0 Å². The van der Waals surface area contributed by atoms with Crippen LogP contribution in [0.5, 0.6) is 0 Å². The van der Waals surface area contributed by atoms with Crippen molar-refractivity contribution in [3.63, 3.8) is 0 Å². The van der Waals surface area contributed by atoms with Crippen molar-refractivity contribution < 1.29 is 0 Å². The maximum absolute atomic E-state index is 6.40. The number of nitrogens with one attached hydrogen (secondary N) is 1. The highest BCUT2D eigenvalue weighted by molar-refractivity contribution is 5.22. The van der Waals surface area contributed by atoms with Crippen molar-refractivity contribution in [1.82, 2.24) is 5.32 Å². The minimum absolute atomic E-state index is 0.212. The standard InChI is InChI=1S/C15H26N2/c1-12-2-10-15(12,11-3-12)17-14-7-4-13(16,5-8-14)6-9-14/h17H,2-11,16H2,1H3. The van der Waals surface area contributed by atoms with Gasteiger partial charge in [-0.15, -0.1) is 0 Å². The highest BCUT2D eigenvalue weighted by atomic mass is 15.1. The molecule has 0 radical (unpaired) electrons. The SMILES string of the molecule is CC12CCC1(NC13CCC(N)(CC1)CC3)CC2. The van der Waals surface area contributed by atoms with Gasteiger partial charge in [-0.25, -0.2) is 0 Å². The van der Waals surface area contributed by atoms with E-state index in [9.17, 15) is 0 Å². The van der Waals surface area contributed by atoms with Crippen LogP contribution in [0.2, 0.25) is 0 Å². The van der Waals surface area contributed by atoms with Gasteiger partial charge in [0.25, 0.3) is 0 Å². The average molecular weight is 234 g/mol. The molecule has 2 nitrogen and oxygen atoms in total. The van der Waals surface area contributed by atoms with Crippen molar-refractivity contribution in [1.29, 1.82) is 0 Å². The molecular weight excluding hydrogens is 208 g/mol. The van der Waals surface area contributed by atoms with Crippen LogP contribution in [0.1, 0.15) is 71.1 Å². The Balaban J connectivity index is 1.53. The molecule has 17 heavy (non-hydrogen) atoms. The Morgan fingerprint density at radius 3 is 1.65 bits per heavy atom. The lowest BCUT2D eigenvalue weighted by molar-refractivity contribution is -0.141. The molecule has 0 amide bonds. The van der Waals surface area contributed by atoms with Crippen LogP contribution in [-0.4, -0.2) is 16.6 Å². The van der Waals surface area contributed by atoms with Gasteiger partial charge in [-0.1, -0.05) is 6.92 Å². The maximum atomic E-state index is 6.40. The van der Waals surface area contributed by atoms with Crippen molar-refractivity contribution in [3.05, 3.63) is 0 Å². The predicted molar refractivity (Wildman–Crippen MR) is 69.8 cm³/mol. The second-order valence-electron chi connectivity index (χ2n) is 7.91. The molecule has 96 valence electrons. The average Bonchev–Trinajstić information content (AvgIpc) is 2.35. The molecule has 3 N–H and O–H groups in total. The molecule has 0 aromatic heterocycles. The fraction of sp³-hybridized carbons (Fsp3) is 1.00. The van der Waals surface area contributed by atoms with E-state index in [1.54, 1.807) is 0 Å². The summed E-state index contributed by atoms with van der Waals surface area (Å²) in [6, 6.07) is 0. The first-order valence-electron chi connectivity index (χ1n) is 7.57. The van der Waals surface area contributed by atoms with Crippen LogP contribution in [0.4, 0.5) is 0 Å².